The maximum absolute atomic E-state index is 8.79. The van der Waals surface area contributed by atoms with Gasteiger partial charge in [0, 0.05) is 12.2 Å². The van der Waals surface area contributed by atoms with Crippen LogP contribution in [0.1, 0.15) is 22.6 Å². The highest BCUT2D eigenvalue weighted by Gasteiger charge is 2.54. The fourth-order valence-electron chi connectivity index (χ4n) is 3.66. The Morgan fingerprint density at radius 2 is 1.90 bits per heavy atom. The number of hydrogen-bond donors (Lipinski definition) is 1. The van der Waals surface area contributed by atoms with Crippen molar-refractivity contribution in [3.63, 3.8) is 0 Å². The number of nitrogens with zero attached hydrogens (tertiary/aromatic N) is 1. The first-order valence-corrected chi connectivity index (χ1v) is 7.18. The molecule has 2 aromatic carbocycles. The molecule has 0 saturated heterocycles. The lowest BCUT2D eigenvalue weighted by Gasteiger charge is -2.09. The van der Waals surface area contributed by atoms with E-state index in [9.17, 15) is 0 Å². The average Bonchev–Trinajstić information content (AvgIpc) is 3.04. The molecule has 3 atom stereocenters. The van der Waals surface area contributed by atoms with E-state index in [-0.39, 0.29) is 0 Å². The Hall–Kier alpha value is -2.27. The van der Waals surface area contributed by atoms with E-state index < -0.39 is 0 Å². The molecule has 2 aromatic rings. The van der Waals surface area contributed by atoms with Crippen LogP contribution in [0.25, 0.3) is 0 Å². The summed E-state index contributed by atoms with van der Waals surface area (Å²) in [6.07, 6.45) is 1.25. The highest BCUT2D eigenvalue weighted by Crippen LogP contribution is 2.61. The van der Waals surface area contributed by atoms with Gasteiger partial charge in [0.15, 0.2) is 0 Å². The van der Waals surface area contributed by atoms with Crippen molar-refractivity contribution in [2.24, 2.45) is 11.8 Å². The molecule has 0 radical (unpaired) electrons. The van der Waals surface area contributed by atoms with Crippen molar-refractivity contribution in [2.75, 3.05) is 11.9 Å². The first-order chi connectivity index (χ1) is 9.86. The molecule has 98 valence electrons. The lowest BCUT2D eigenvalue weighted by molar-refractivity contribution is 0.720. The molecule has 1 fully saturated rings. The zero-order valence-electron chi connectivity index (χ0n) is 11.2. The van der Waals surface area contributed by atoms with Crippen molar-refractivity contribution in [1.29, 1.82) is 5.26 Å². The molecule has 3 unspecified atom stereocenters. The summed E-state index contributed by atoms with van der Waals surface area (Å²) in [6, 6.07) is 18.7. The van der Waals surface area contributed by atoms with Gasteiger partial charge in [-0.2, -0.15) is 5.26 Å². The van der Waals surface area contributed by atoms with Gasteiger partial charge in [-0.05, 0) is 59.6 Å². The molecule has 0 amide bonds. The molecule has 0 spiro atoms. The summed E-state index contributed by atoms with van der Waals surface area (Å²) in [6.45, 7) is 1.04. The van der Waals surface area contributed by atoms with Gasteiger partial charge in [-0.15, -0.1) is 0 Å². The maximum atomic E-state index is 8.79. The van der Waals surface area contributed by atoms with Gasteiger partial charge in [-0.1, -0.05) is 24.3 Å². The van der Waals surface area contributed by atoms with Crippen molar-refractivity contribution in [2.45, 2.75) is 12.3 Å². The van der Waals surface area contributed by atoms with Crippen molar-refractivity contribution in [1.82, 2.24) is 0 Å². The van der Waals surface area contributed by atoms with Crippen molar-refractivity contribution in [3.8, 4) is 6.07 Å². The monoisotopic (exact) mass is 260 g/mol. The van der Waals surface area contributed by atoms with Gasteiger partial charge in [0.05, 0.1) is 11.6 Å². The minimum absolute atomic E-state index is 0.716. The van der Waals surface area contributed by atoms with Gasteiger partial charge in [-0.3, -0.25) is 0 Å². The van der Waals surface area contributed by atoms with Crippen LogP contribution in [-0.2, 0) is 6.42 Å². The predicted octanol–water partition coefficient (Wildman–Crippen LogP) is 3.56. The summed E-state index contributed by atoms with van der Waals surface area (Å²) in [4.78, 5) is 0. The number of rotatable bonds is 3. The molecule has 1 N–H and O–H groups in total. The largest absolute Gasteiger partial charge is 0.385 e. The van der Waals surface area contributed by atoms with Crippen LogP contribution < -0.4 is 5.32 Å². The number of anilines is 1. The molecule has 2 heteroatoms. The van der Waals surface area contributed by atoms with Gasteiger partial charge >= 0.3 is 0 Å². The van der Waals surface area contributed by atoms with E-state index >= 15 is 0 Å². The molecule has 4 rings (SSSR count). The minimum Gasteiger partial charge on any atom is -0.385 e. The number of fused-ring (bicyclic) bond motifs is 3. The molecular formula is C18H16N2. The Labute approximate surface area is 119 Å². The molecular weight excluding hydrogens is 244 g/mol. The van der Waals surface area contributed by atoms with Crippen molar-refractivity contribution >= 4 is 5.69 Å². The van der Waals surface area contributed by atoms with Crippen LogP contribution in [0.3, 0.4) is 0 Å². The van der Waals surface area contributed by atoms with Gasteiger partial charge in [0.1, 0.15) is 0 Å². The third-order valence-corrected chi connectivity index (χ3v) is 4.76. The minimum atomic E-state index is 0.716. The number of nitriles is 1. The fourth-order valence-corrected chi connectivity index (χ4v) is 3.66. The Morgan fingerprint density at radius 1 is 1.10 bits per heavy atom. The van der Waals surface area contributed by atoms with Gasteiger partial charge in [0.2, 0.25) is 0 Å². The predicted molar refractivity (Wildman–Crippen MR) is 79.5 cm³/mol. The zero-order chi connectivity index (χ0) is 13.5. The summed E-state index contributed by atoms with van der Waals surface area (Å²) in [5, 5.41) is 12.3. The lowest BCUT2D eigenvalue weighted by atomic mass is 10.0. The van der Waals surface area contributed by atoms with Crippen molar-refractivity contribution < 1.29 is 0 Å². The number of hydrogen-bond acceptors (Lipinski definition) is 2. The van der Waals surface area contributed by atoms with E-state index in [1.165, 1.54) is 6.42 Å². The molecule has 2 aliphatic rings. The molecule has 0 heterocycles. The van der Waals surface area contributed by atoms with Crippen LogP contribution in [0.5, 0.6) is 0 Å². The van der Waals surface area contributed by atoms with E-state index in [0.717, 1.165) is 30.0 Å². The first-order valence-electron chi connectivity index (χ1n) is 7.18. The van der Waals surface area contributed by atoms with Crippen molar-refractivity contribution in [3.05, 3.63) is 65.2 Å². The normalized spacial score (nSPS) is 25.4. The standard InChI is InChI=1S/C18H16N2/c19-10-12-5-7-14(8-6-12)20-11-17-16-9-13-3-1-2-4-15(13)18(16)17/h1-8,16-18,20H,9,11H2. The topological polar surface area (TPSA) is 35.8 Å². The molecule has 20 heavy (non-hydrogen) atoms. The second-order valence-corrected chi connectivity index (χ2v) is 5.83. The smallest absolute Gasteiger partial charge is 0.0991 e. The summed E-state index contributed by atoms with van der Waals surface area (Å²) in [5.41, 5.74) is 4.95. The summed E-state index contributed by atoms with van der Waals surface area (Å²) in [5.74, 6) is 2.40. The SMILES string of the molecule is N#Cc1ccc(NCC2C3Cc4ccccc4C23)cc1. The quantitative estimate of drug-likeness (QED) is 0.916. The van der Waals surface area contributed by atoms with Crippen LogP contribution in [0, 0.1) is 23.2 Å². The fraction of sp³-hybridized carbons (Fsp3) is 0.278. The van der Waals surface area contributed by atoms with E-state index in [1.54, 1.807) is 11.1 Å². The summed E-state index contributed by atoms with van der Waals surface area (Å²) < 4.78 is 0. The Bertz CT molecular complexity index is 681. The number of nitrogens with one attached hydrogen (secondary N) is 1. The second kappa shape index (κ2) is 4.38. The highest BCUT2D eigenvalue weighted by atomic mass is 14.9. The Kier molecular flexibility index (Phi) is 2.53. The lowest BCUT2D eigenvalue weighted by Crippen LogP contribution is -2.07. The molecule has 2 aliphatic carbocycles. The Morgan fingerprint density at radius 3 is 2.70 bits per heavy atom. The molecule has 0 bridgehead atoms. The van der Waals surface area contributed by atoms with Crippen LogP contribution in [0.4, 0.5) is 5.69 Å². The summed E-state index contributed by atoms with van der Waals surface area (Å²) >= 11 is 0. The molecule has 0 aromatic heterocycles. The van der Waals surface area contributed by atoms with E-state index in [0.29, 0.717) is 5.56 Å². The van der Waals surface area contributed by atoms with Gasteiger partial charge < -0.3 is 5.32 Å². The molecule has 2 nitrogen and oxygen atoms in total. The van der Waals surface area contributed by atoms with Crippen LogP contribution in [-0.4, -0.2) is 6.54 Å². The van der Waals surface area contributed by atoms with E-state index in [4.69, 9.17) is 5.26 Å². The van der Waals surface area contributed by atoms with E-state index in [1.807, 2.05) is 24.3 Å². The molecule has 0 aliphatic heterocycles. The Balaban J connectivity index is 1.40. The third kappa shape index (κ3) is 1.78. The third-order valence-electron chi connectivity index (χ3n) is 4.76. The molecule has 1 saturated carbocycles. The van der Waals surface area contributed by atoms with Crippen LogP contribution in [0.15, 0.2) is 48.5 Å². The number of benzene rings is 2. The van der Waals surface area contributed by atoms with Gasteiger partial charge in [-0.25, -0.2) is 0 Å². The van der Waals surface area contributed by atoms with Gasteiger partial charge in [0.25, 0.3) is 0 Å². The first kappa shape index (κ1) is 11.5. The van der Waals surface area contributed by atoms with Crippen LogP contribution >= 0.6 is 0 Å². The second-order valence-electron chi connectivity index (χ2n) is 5.83. The average molecular weight is 260 g/mol. The zero-order valence-corrected chi connectivity index (χ0v) is 11.2. The van der Waals surface area contributed by atoms with Crippen LogP contribution in [0.2, 0.25) is 0 Å². The maximum Gasteiger partial charge on any atom is 0.0991 e. The van der Waals surface area contributed by atoms with E-state index in [2.05, 4.69) is 35.7 Å². The highest BCUT2D eigenvalue weighted by molar-refractivity contribution is 5.49. The summed E-state index contributed by atoms with van der Waals surface area (Å²) in [7, 11) is 0.